The minimum atomic E-state index is -0.804. The van der Waals surface area contributed by atoms with Gasteiger partial charge in [-0.25, -0.2) is 4.98 Å². The van der Waals surface area contributed by atoms with Crippen LogP contribution in [0.3, 0.4) is 0 Å². The molecule has 0 fully saturated rings. The SMILES string of the molecule is CCN(CCC(=O)O)c1nccc2ccc(OC)cc12. The number of carboxylic acid groups (broad SMARTS) is 1. The number of carboxylic acids is 1. The summed E-state index contributed by atoms with van der Waals surface area (Å²) in [6, 6.07) is 7.74. The largest absolute Gasteiger partial charge is 0.497 e. The molecule has 0 aliphatic rings. The number of benzene rings is 1. The smallest absolute Gasteiger partial charge is 0.305 e. The topological polar surface area (TPSA) is 62.7 Å². The number of anilines is 1. The second-order valence-electron chi connectivity index (χ2n) is 4.45. The molecule has 0 amide bonds. The number of ether oxygens (including phenoxy) is 1. The summed E-state index contributed by atoms with van der Waals surface area (Å²) in [5.41, 5.74) is 0. The van der Waals surface area contributed by atoms with Gasteiger partial charge < -0.3 is 14.7 Å². The molecule has 106 valence electrons. The first kappa shape index (κ1) is 14.1. The number of nitrogens with zero attached hydrogens (tertiary/aromatic N) is 2. The van der Waals surface area contributed by atoms with E-state index in [9.17, 15) is 4.79 Å². The summed E-state index contributed by atoms with van der Waals surface area (Å²) < 4.78 is 5.25. The highest BCUT2D eigenvalue weighted by Crippen LogP contribution is 2.28. The molecule has 1 aromatic heterocycles. The van der Waals surface area contributed by atoms with Gasteiger partial charge in [0.05, 0.1) is 13.5 Å². The van der Waals surface area contributed by atoms with Crippen molar-refractivity contribution in [3.8, 4) is 5.75 Å². The van der Waals surface area contributed by atoms with Crippen LogP contribution in [0.2, 0.25) is 0 Å². The number of fused-ring (bicyclic) bond motifs is 1. The van der Waals surface area contributed by atoms with Crippen LogP contribution in [-0.2, 0) is 4.79 Å². The Morgan fingerprint density at radius 3 is 2.85 bits per heavy atom. The Morgan fingerprint density at radius 1 is 1.40 bits per heavy atom. The number of hydrogen-bond acceptors (Lipinski definition) is 4. The Kier molecular flexibility index (Phi) is 4.40. The molecule has 0 saturated heterocycles. The van der Waals surface area contributed by atoms with Gasteiger partial charge in [-0.3, -0.25) is 4.79 Å². The first-order valence-corrected chi connectivity index (χ1v) is 6.55. The number of rotatable bonds is 6. The second kappa shape index (κ2) is 6.23. The number of aromatic nitrogens is 1. The van der Waals surface area contributed by atoms with Crippen LogP contribution >= 0.6 is 0 Å². The predicted molar refractivity (Wildman–Crippen MR) is 78.4 cm³/mol. The number of pyridine rings is 1. The van der Waals surface area contributed by atoms with E-state index in [0.717, 1.165) is 22.3 Å². The minimum absolute atomic E-state index is 0.0931. The van der Waals surface area contributed by atoms with Gasteiger partial charge in [0.15, 0.2) is 0 Å². The zero-order valence-electron chi connectivity index (χ0n) is 11.7. The fourth-order valence-corrected chi connectivity index (χ4v) is 2.16. The zero-order chi connectivity index (χ0) is 14.5. The molecule has 0 atom stereocenters. The van der Waals surface area contributed by atoms with E-state index in [0.29, 0.717) is 13.1 Å². The van der Waals surface area contributed by atoms with Crippen LogP contribution < -0.4 is 9.64 Å². The number of carbonyl (C=O) groups is 1. The van der Waals surface area contributed by atoms with E-state index in [4.69, 9.17) is 9.84 Å². The van der Waals surface area contributed by atoms with Gasteiger partial charge in [0, 0.05) is 24.7 Å². The molecule has 0 bridgehead atoms. The molecule has 0 unspecified atom stereocenters. The van der Waals surface area contributed by atoms with Crippen molar-refractivity contribution in [2.45, 2.75) is 13.3 Å². The van der Waals surface area contributed by atoms with Crippen LogP contribution in [-0.4, -0.2) is 36.3 Å². The highest BCUT2D eigenvalue weighted by atomic mass is 16.5. The monoisotopic (exact) mass is 274 g/mol. The molecule has 0 radical (unpaired) electrons. The molecular weight excluding hydrogens is 256 g/mol. The van der Waals surface area contributed by atoms with Crippen molar-refractivity contribution < 1.29 is 14.6 Å². The summed E-state index contributed by atoms with van der Waals surface area (Å²) in [6.45, 7) is 3.13. The van der Waals surface area contributed by atoms with E-state index in [1.54, 1.807) is 13.3 Å². The van der Waals surface area contributed by atoms with Crippen molar-refractivity contribution in [2.24, 2.45) is 0 Å². The van der Waals surface area contributed by atoms with E-state index in [2.05, 4.69) is 4.98 Å². The van der Waals surface area contributed by atoms with Gasteiger partial charge in [-0.1, -0.05) is 6.07 Å². The maximum atomic E-state index is 10.7. The van der Waals surface area contributed by atoms with Gasteiger partial charge in [-0.15, -0.1) is 0 Å². The van der Waals surface area contributed by atoms with Crippen LogP contribution in [0.4, 0.5) is 5.82 Å². The highest BCUT2D eigenvalue weighted by Gasteiger charge is 2.12. The fraction of sp³-hybridized carbons (Fsp3) is 0.333. The van der Waals surface area contributed by atoms with Crippen LogP contribution in [0.25, 0.3) is 10.8 Å². The Hall–Kier alpha value is -2.30. The third-order valence-corrected chi connectivity index (χ3v) is 3.23. The second-order valence-corrected chi connectivity index (χ2v) is 4.45. The third-order valence-electron chi connectivity index (χ3n) is 3.23. The summed E-state index contributed by atoms with van der Waals surface area (Å²) in [6.07, 6.45) is 1.84. The zero-order valence-corrected chi connectivity index (χ0v) is 11.7. The lowest BCUT2D eigenvalue weighted by atomic mass is 10.1. The van der Waals surface area contributed by atoms with E-state index >= 15 is 0 Å². The summed E-state index contributed by atoms with van der Waals surface area (Å²) in [5.74, 6) is 0.757. The van der Waals surface area contributed by atoms with Crippen LogP contribution in [0.15, 0.2) is 30.5 Å². The van der Waals surface area contributed by atoms with Crippen LogP contribution in [0.5, 0.6) is 5.75 Å². The summed E-state index contributed by atoms with van der Waals surface area (Å²) in [7, 11) is 1.62. The Labute approximate surface area is 117 Å². The summed E-state index contributed by atoms with van der Waals surface area (Å²) in [5, 5.41) is 10.9. The molecule has 0 aliphatic heterocycles. The van der Waals surface area contributed by atoms with Crippen LogP contribution in [0.1, 0.15) is 13.3 Å². The molecular formula is C15H18N2O3. The highest BCUT2D eigenvalue weighted by molar-refractivity contribution is 5.93. The van der Waals surface area contributed by atoms with Crippen molar-refractivity contribution in [2.75, 3.05) is 25.1 Å². The van der Waals surface area contributed by atoms with E-state index in [-0.39, 0.29) is 6.42 Å². The van der Waals surface area contributed by atoms with Crippen LogP contribution in [0, 0.1) is 0 Å². The Morgan fingerprint density at radius 2 is 2.20 bits per heavy atom. The lowest BCUT2D eigenvalue weighted by molar-refractivity contribution is -0.136. The maximum Gasteiger partial charge on any atom is 0.305 e. The molecule has 0 saturated carbocycles. The molecule has 5 heteroatoms. The summed E-state index contributed by atoms with van der Waals surface area (Å²) in [4.78, 5) is 17.1. The molecule has 0 spiro atoms. The maximum absolute atomic E-state index is 10.7. The number of aliphatic carboxylic acids is 1. The standard InChI is InChI=1S/C15H18N2O3/c1-3-17(9-7-14(18)19)15-13-10-12(20-2)5-4-11(13)6-8-16-15/h4-6,8,10H,3,7,9H2,1-2H3,(H,18,19). The third kappa shape index (κ3) is 2.99. The quantitative estimate of drug-likeness (QED) is 0.877. The molecule has 20 heavy (non-hydrogen) atoms. The van der Waals surface area contributed by atoms with Crippen molar-refractivity contribution in [1.82, 2.24) is 4.98 Å². The van der Waals surface area contributed by atoms with E-state index in [1.807, 2.05) is 36.1 Å². The van der Waals surface area contributed by atoms with Crippen molar-refractivity contribution in [1.29, 1.82) is 0 Å². The lowest BCUT2D eigenvalue weighted by Gasteiger charge is -2.22. The van der Waals surface area contributed by atoms with E-state index < -0.39 is 5.97 Å². The fourth-order valence-electron chi connectivity index (χ4n) is 2.16. The molecule has 5 nitrogen and oxygen atoms in total. The molecule has 2 aromatic rings. The molecule has 2 rings (SSSR count). The first-order valence-electron chi connectivity index (χ1n) is 6.55. The minimum Gasteiger partial charge on any atom is -0.497 e. The number of methoxy groups -OCH3 is 1. The molecule has 1 N–H and O–H groups in total. The Balaban J connectivity index is 2.42. The predicted octanol–water partition coefficient (Wildman–Crippen LogP) is 2.54. The van der Waals surface area contributed by atoms with Crippen molar-refractivity contribution in [3.63, 3.8) is 0 Å². The Bertz CT molecular complexity index is 613. The average Bonchev–Trinajstić information content (AvgIpc) is 2.47. The lowest BCUT2D eigenvalue weighted by Crippen LogP contribution is -2.26. The van der Waals surface area contributed by atoms with Gasteiger partial charge in [0.1, 0.15) is 11.6 Å². The normalized spacial score (nSPS) is 10.5. The van der Waals surface area contributed by atoms with Crippen molar-refractivity contribution in [3.05, 3.63) is 30.5 Å². The van der Waals surface area contributed by atoms with Gasteiger partial charge in [-0.05, 0) is 30.5 Å². The summed E-state index contributed by atoms with van der Waals surface area (Å²) >= 11 is 0. The van der Waals surface area contributed by atoms with Gasteiger partial charge in [-0.2, -0.15) is 0 Å². The van der Waals surface area contributed by atoms with Gasteiger partial charge >= 0.3 is 5.97 Å². The molecule has 1 aromatic carbocycles. The molecule has 1 heterocycles. The van der Waals surface area contributed by atoms with Gasteiger partial charge in [0.25, 0.3) is 0 Å². The van der Waals surface area contributed by atoms with E-state index in [1.165, 1.54) is 0 Å². The van der Waals surface area contributed by atoms with Gasteiger partial charge in [0.2, 0.25) is 0 Å². The molecule has 0 aliphatic carbocycles. The van der Waals surface area contributed by atoms with Crippen molar-refractivity contribution >= 4 is 22.6 Å². The first-order chi connectivity index (χ1) is 9.65. The average molecular weight is 274 g/mol. The number of hydrogen-bond donors (Lipinski definition) is 1.